The van der Waals surface area contributed by atoms with E-state index in [1.54, 1.807) is 11.4 Å². The molecule has 1 aromatic carbocycles. The van der Waals surface area contributed by atoms with Gasteiger partial charge in [0.2, 0.25) is 0 Å². The first kappa shape index (κ1) is 15.7. The van der Waals surface area contributed by atoms with Gasteiger partial charge in [-0.05, 0) is 17.0 Å². The third kappa shape index (κ3) is 3.90. The minimum Gasteiger partial charge on any atom is -0.468 e. The van der Waals surface area contributed by atoms with Gasteiger partial charge in [0.25, 0.3) is 10.0 Å². The van der Waals surface area contributed by atoms with Crippen molar-refractivity contribution in [3.63, 3.8) is 0 Å². The molecule has 0 aliphatic carbocycles. The number of carbonyl (C=O) groups is 1. The van der Waals surface area contributed by atoms with E-state index in [0.717, 1.165) is 21.2 Å². The van der Waals surface area contributed by atoms with Crippen LogP contribution >= 0.6 is 11.3 Å². The number of sulfonamides is 1. The lowest BCUT2D eigenvalue weighted by atomic mass is 10.2. The maximum absolute atomic E-state index is 12.6. The summed E-state index contributed by atoms with van der Waals surface area (Å²) < 4.78 is 31.1. The van der Waals surface area contributed by atoms with Crippen LogP contribution in [-0.2, 0) is 26.1 Å². The molecule has 2 rings (SSSR count). The Bertz CT molecular complexity index is 681. The summed E-state index contributed by atoms with van der Waals surface area (Å²) in [5.74, 6) is -0.592. The lowest BCUT2D eigenvalue weighted by molar-refractivity contribution is -0.140. The Morgan fingerprint density at radius 1 is 1.19 bits per heavy atom. The van der Waals surface area contributed by atoms with Gasteiger partial charge >= 0.3 is 5.97 Å². The summed E-state index contributed by atoms with van der Waals surface area (Å²) in [5.41, 5.74) is 0.807. The van der Waals surface area contributed by atoms with Crippen molar-refractivity contribution in [2.45, 2.75) is 10.8 Å². The normalized spacial score (nSPS) is 11.5. The van der Waals surface area contributed by atoms with Gasteiger partial charge in [-0.25, -0.2) is 8.42 Å². The highest BCUT2D eigenvalue weighted by molar-refractivity contribution is 7.91. The average Bonchev–Trinajstić information content (AvgIpc) is 3.02. The van der Waals surface area contributed by atoms with E-state index in [1.807, 2.05) is 30.3 Å². The summed E-state index contributed by atoms with van der Waals surface area (Å²) >= 11 is 1.12. The smallest absolute Gasteiger partial charge is 0.321 e. The fourth-order valence-corrected chi connectivity index (χ4v) is 4.28. The second-order valence-electron chi connectivity index (χ2n) is 4.27. The van der Waals surface area contributed by atoms with E-state index in [4.69, 9.17) is 0 Å². The molecular formula is C14H15NO4S2. The summed E-state index contributed by atoms with van der Waals surface area (Å²) in [6.07, 6.45) is 0. The van der Waals surface area contributed by atoms with Gasteiger partial charge in [-0.2, -0.15) is 4.31 Å². The van der Waals surface area contributed by atoms with Crippen molar-refractivity contribution >= 4 is 27.3 Å². The molecule has 0 atom stereocenters. The largest absolute Gasteiger partial charge is 0.468 e. The number of esters is 1. The molecule has 7 heteroatoms. The van der Waals surface area contributed by atoms with E-state index in [9.17, 15) is 13.2 Å². The third-order valence-corrected chi connectivity index (χ3v) is 5.99. The second-order valence-corrected chi connectivity index (χ2v) is 7.38. The Morgan fingerprint density at radius 2 is 1.90 bits per heavy atom. The Labute approximate surface area is 127 Å². The van der Waals surface area contributed by atoms with Gasteiger partial charge in [0.15, 0.2) is 0 Å². The minimum absolute atomic E-state index is 0.121. The molecule has 0 unspecified atom stereocenters. The monoisotopic (exact) mass is 325 g/mol. The number of nitrogens with zero attached hydrogens (tertiary/aromatic N) is 1. The van der Waals surface area contributed by atoms with E-state index >= 15 is 0 Å². The minimum atomic E-state index is -3.71. The molecule has 1 aromatic heterocycles. The van der Waals surface area contributed by atoms with E-state index in [0.29, 0.717) is 0 Å². The number of benzene rings is 1. The van der Waals surface area contributed by atoms with Crippen LogP contribution in [0.1, 0.15) is 5.56 Å². The van der Waals surface area contributed by atoms with Crippen LogP contribution in [-0.4, -0.2) is 32.3 Å². The molecule has 0 aliphatic heterocycles. The predicted molar refractivity (Wildman–Crippen MR) is 80.4 cm³/mol. The first-order chi connectivity index (χ1) is 10.0. The molecule has 0 bridgehead atoms. The Hall–Kier alpha value is -1.70. The highest BCUT2D eigenvalue weighted by atomic mass is 32.2. The molecule has 0 saturated heterocycles. The predicted octanol–water partition coefficient (Wildman–Crippen LogP) is 2.11. The van der Waals surface area contributed by atoms with Gasteiger partial charge in [-0.3, -0.25) is 4.79 Å². The Kier molecular flexibility index (Phi) is 5.11. The van der Waals surface area contributed by atoms with Crippen LogP contribution in [0.4, 0.5) is 0 Å². The molecule has 2 aromatic rings. The number of carbonyl (C=O) groups excluding carboxylic acids is 1. The van der Waals surface area contributed by atoms with Crippen molar-refractivity contribution in [3.05, 3.63) is 53.4 Å². The van der Waals surface area contributed by atoms with Gasteiger partial charge in [0.1, 0.15) is 10.8 Å². The van der Waals surface area contributed by atoms with E-state index in [-0.39, 0.29) is 17.3 Å². The van der Waals surface area contributed by atoms with Crippen molar-refractivity contribution < 1.29 is 17.9 Å². The molecule has 0 N–H and O–H groups in total. The van der Waals surface area contributed by atoms with E-state index in [2.05, 4.69) is 4.74 Å². The van der Waals surface area contributed by atoms with Crippen LogP contribution in [0.5, 0.6) is 0 Å². The van der Waals surface area contributed by atoms with Crippen molar-refractivity contribution in [1.29, 1.82) is 0 Å². The lowest BCUT2D eigenvalue weighted by Crippen LogP contribution is -2.35. The fourth-order valence-electron chi connectivity index (χ4n) is 1.76. The van der Waals surface area contributed by atoms with Crippen molar-refractivity contribution in [2.75, 3.05) is 13.7 Å². The SMILES string of the molecule is COC(=O)CN(Cc1ccccc1)S(=O)(=O)c1cccs1. The van der Waals surface area contributed by atoms with Crippen LogP contribution in [0.3, 0.4) is 0 Å². The molecule has 0 fully saturated rings. The maximum Gasteiger partial charge on any atom is 0.321 e. The summed E-state index contributed by atoms with van der Waals surface area (Å²) in [7, 11) is -2.47. The molecule has 0 aliphatic rings. The van der Waals surface area contributed by atoms with Crippen LogP contribution in [0.15, 0.2) is 52.1 Å². The molecule has 0 spiro atoms. The van der Waals surface area contributed by atoms with Crippen molar-refractivity contribution in [2.24, 2.45) is 0 Å². The van der Waals surface area contributed by atoms with Gasteiger partial charge in [-0.15, -0.1) is 11.3 Å². The van der Waals surface area contributed by atoms with Crippen LogP contribution in [0, 0.1) is 0 Å². The summed E-state index contributed by atoms with van der Waals surface area (Å²) in [6, 6.07) is 12.3. The van der Waals surface area contributed by atoms with Crippen molar-refractivity contribution in [3.8, 4) is 0 Å². The molecule has 0 saturated carbocycles. The van der Waals surface area contributed by atoms with Crippen LogP contribution in [0.25, 0.3) is 0 Å². The summed E-state index contributed by atoms with van der Waals surface area (Å²) in [4.78, 5) is 11.5. The number of hydrogen-bond donors (Lipinski definition) is 0. The standard InChI is InChI=1S/C14H15NO4S2/c1-19-13(16)11-15(10-12-6-3-2-4-7-12)21(17,18)14-8-5-9-20-14/h2-9H,10-11H2,1H3. The van der Waals surface area contributed by atoms with Crippen LogP contribution in [0.2, 0.25) is 0 Å². The summed E-state index contributed by atoms with van der Waals surface area (Å²) in [5, 5.41) is 1.69. The Morgan fingerprint density at radius 3 is 2.48 bits per heavy atom. The third-order valence-electron chi connectivity index (χ3n) is 2.82. The zero-order chi connectivity index (χ0) is 15.3. The van der Waals surface area contributed by atoms with Gasteiger partial charge < -0.3 is 4.74 Å². The van der Waals surface area contributed by atoms with Crippen LogP contribution < -0.4 is 0 Å². The molecule has 5 nitrogen and oxygen atoms in total. The average molecular weight is 325 g/mol. The number of methoxy groups -OCH3 is 1. The Balaban J connectivity index is 2.30. The lowest BCUT2D eigenvalue weighted by Gasteiger charge is -2.20. The molecule has 21 heavy (non-hydrogen) atoms. The van der Waals surface area contributed by atoms with E-state index < -0.39 is 16.0 Å². The topological polar surface area (TPSA) is 63.7 Å². The first-order valence-corrected chi connectivity index (χ1v) is 8.50. The highest BCUT2D eigenvalue weighted by Gasteiger charge is 2.27. The van der Waals surface area contributed by atoms with Gasteiger partial charge in [0, 0.05) is 6.54 Å². The molecule has 112 valence electrons. The molecule has 1 heterocycles. The molecule has 0 amide bonds. The maximum atomic E-state index is 12.6. The highest BCUT2D eigenvalue weighted by Crippen LogP contribution is 2.22. The zero-order valence-electron chi connectivity index (χ0n) is 11.4. The van der Waals surface area contributed by atoms with Gasteiger partial charge in [0.05, 0.1) is 7.11 Å². The number of thiophene rings is 1. The molecule has 0 radical (unpaired) electrons. The van der Waals surface area contributed by atoms with Crippen molar-refractivity contribution in [1.82, 2.24) is 4.31 Å². The number of ether oxygens (including phenoxy) is 1. The number of rotatable bonds is 6. The fraction of sp³-hybridized carbons (Fsp3) is 0.214. The summed E-state index contributed by atoms with van der Waals surface area (Å²) in [6.45, 7) is -0.193. The second kappa shape index (κ2) is 6.84. The number of hydrogen-bond acceptors (Lipinski definition) is 5. The zero-order valence-corrected chi connectivity index (χ0v) is 13.1. The quantitative estimate of drug-likeness (QED) is 0.763. The van der Waals surface area contributed by atoms with E-state index in [1.165, 1.54) is 13.2 Å². The van der Waals surface area contributed by atoms with Gasteiger partial charge in [-0.1, -0.05) is 36.4 Å². The first-order valence-electron chi connectivity index (χ1n) is 6.18. The molecular weight excluding hydrogens is 310 g/mol.